The van der Waals surface area contributed by atoms with Crippen LogP contribution in [0.5, 0.6) is 0 Å². The van der Waals surface area contributed by atoms with E-state index in [1.54, 1.807) is 0 Å². The monoisotopic (exact) mass is 351 g/mol. The second kappa shape index (κ2) is 5.63. The van der Waals surface area contributed by atoms with Gasteiger partial charge in [-0.15, -0.1) is 0 Å². The molecule has 1 fully saturated rings. The van der Waals surface area contributed by atoms with E-state index in [1.807, 2.05) is 0 Å². The molecule has 1 saturated carbocycles. The van der Waals surface area contributed by atoms with E-state index in [-0.39, 0.29) is 11.7 Å². The second-order valence-electron chi connectivity index (χ2n) is 4.88. The minimum Gasteiger partial charge on any atom is -0.481 e. The summed E-state index contributed by atoms with van der Waals surface area (Å²) < 4.78 is 39.3. The first-order valence-electron chi connectivity index (χ1n) is 6.13. The Bertz CT molecular complexity index is 519. The van der Waals surface area contributed by atoms with E-state index in [0.717, 1.165) is 6.07 Å². The van der Waals surface area contributed by atoms with Crippen LogP contribution in [0.25, 0.3) is 0 Å². The van der Waals surface area contributed by atoms with Gasteiger partial charge in [-0.05, 0) is 37.5 Å². The van der Waals surface area contributed by atoms with Crippen molar-refractivity contribution in [1.29, 1.82) is 0 Å². The molecule has 0 heterocycles. The molecule has 0 bridgehead atoms. The highest BCUT2D eigenvalue weighted by Gasteiger charge is 2.35. The Kier molecular flexibility index (Phi) is 4.27. The minimum atomic E-state index is -4.44. The Labute approximate surface area is 122 Å². The first kappa shape index (κ1) is 15.2. The largest absolute Gasteiger partial charge is 0.481 e. The zero-order chi connectivity index (χ0) is 14.9. The van der Waals surface area contributed by atoms with E-state index >= 15 is 0 Å². The summed E-state index contributed by atoms with van der Waals surface area (Å²) in [6.07, 6.45) is -3.05. The molecule has 1 aromatic rings. The molecule has 0 amide bonds. The smallest absolute Gasteiger partial charge is 0.418 e. The highest BCUT2D eigenvalue weighted by molar-refractivity contribution is 9.10. The van der Waals surface area contributed by atoms with E-state index in [2.05, 4.69) is 21.2 Å². The number of carboxylic acids is 1. The fourth-order valence-electron chi connectivity index (χ4n) is 2.44. The molecule has 0 spiro atoms. The average molecular weight is 352 g/mol. The molecule has 0 saturated heterocycles. The summed E-state index contributed by atoms with van der Waals surface area (Å²) in [4.78, 5) is 10.9. The molecule has 2 rings (SSSR count). The maximum atomic E-state index is 12.9. The molecular weight excluding hydrogens is 339 g/mol. The number of benzene rings is 1. The van der Waals surface area contributed by atoms with Crippen molar-refractivity contribution in [3.05, 3.63) is 28.2 Å². The van der Waals surface area contributed by atoms with Gasteiger partial charge in [-0.1, -0.05) is 15.9 Å². The lowest BCUT2D eigenvalue weighted by molar-refractivity contribution is -0.141. The molecule has 1 aliphatic carbocycles. The minimum absolute atomic E-state index is 0.0112. The maximum absolute atomic E-state index is 12.9. The highest BCUT2D eigenvalue weighted by atomic mass is 79.9. The topological polar surface area (TPSA) is 49.3 Å². The Morgan fingerprint density at radius 2 is 2.05 bits per heavy atom. The summed E-state index contributed by atoms with van der Waals surface area (Å²) in [7, 11) is 0. The van der Waals surface area contributed by atoms with Crippen LogP contribution < -0.4 is 5.32 Å². The lowest BCUT2D eigenvalue weighted by atomic mass is 10.1. The predicted molar refractivity (Wildman–Crippen MR) is 71.5 cm³/mol. The van der Waals surface area contributed by atoms with Gasteiger partial charge in [0, 0.05) is 16.2 Å². The van der Waals surface area contributed by atoms with Gasteiger partial charge in [0.1, 0.15) is 0 Å². The van der Waals surface area contributed by atoms with Crippen molar-refractivity contribution in [1.82, 2.24) is 0 Å². The summed E-state index contributed by atoms with van der Waals surface area (Å²) >= 11 is 3.15. The molecule has 1 aliphatic rings. The van der Waals surface area contributed by atoms with E-state index in [1.165, 1.54) is 12.1 Å². The van der Waals surface area contributed by atoms with Crippen molar-refractivity contribution < 1.29 is 23.1 Å². The summed E-state index contributed by atoms with van der Waals surface area (Å²) in [5.41, 5.74) is -0.748. The number of hydrogen-bond donors (Lipinski definition) is 2. The zero-order valence-corrected chi connectivity index (χ0v) is 12.0. The molecule has 2 atom stereocenters. The number of carboxylic acid groups (broad SMARTS) is 1. The molecule has 2 N–H and O–H groups in total. The van der Waals surface area contributed by atoms with Gasteiger partial charge in [0.2, 0.25) is 0 Å². The van der Waals surface area contributed by atoms with Gasteiger partial charge in [-0.3, -0.25) is 4.79 Å². The molecule has 0 aliphatic heterocycles. The summed E-state index contributed by atoms with van der Waals surface area (Å²) in [5, 5.41) is 11.7. The third-order valence-electron chi connectivity index (χ3n) is 3.43. The standard InChI is InChI=1S/C13H13BrF3NO2/c14-8-2-4-10(13(15,16)17)11(6-8)18-9-3-1-7(5-9)12(19)20/h2,4,6-7,9,18H,1,3,5H2,(H,19,20). The first-order chi connectivity index (χ1) is 9.27. The fourth-order valence-corrected chi connectivity index (χ4v) is 2.80. The highest BCUT2D eigenvalue weighted by Crippen LogP contribution is 2.38. The molecular formula is C13H13BrF3NO2. The van der Waals surface area contributed by atoms with Crippen molar-refractivity contribution in [2.75, 3.05) is 5.32 Å². The summed E-state index contributed by atoms with van der Waals surface area (Å²) in [5.74, 6) is -1.37. The van der Waals surface area contributed by atoms with Crippen LogP contribution in [0.4, 0.5) is 18.9 Å². The third kappa shape index (κ3) is 3.45. The van der Waals surface area contributed by atoms with Crippen LogP contribution in [-0.4, -0.2) is 17.1 Å². The van der Waals surface area contributed by atoms with Crippen LogP contribution in [0, 0.1) is 5.92 Å². The van der Waals surface area contributed by atoms with Crippen LogP contribution in [0.15, 0.2) is 22.7 Å². The molecule has 2 unspecified atom stereocenters. The van der Waals surface area contributed by atoms with Gasteiger partial charge in [0.25, 0.3) is 0 Å². The number of alkyl halides is 3. The Morgan fingerprint density at radius 1 is 1.35 bits per heavy atom. The number of carbonyl (C=O) groups is 1. The molecule has 3 nitrogen and oxygen atoms in total. The van der Waals surface area contributed by atoms with Gasteiger partial charge < -0.3 is 10.4 Å². The Balaban J connectivity index is 2.17. The summed E-state index contributed by atoms with van der Waals surface area (Å²) in [6, 6.07) is 3.47. The van der Waals surface area contributed by atoms with Crippen LogP contribution >= 0.6 is 15.9 Å². The fraction of sp³-hybridized carbons (Fsp3) is 0.462. The maximum Gasteiger partial charge on any atom is 0.418 e. The number of rotatable bonds is 3. The van der Waals surface area contributed by atoms with E-state index < -0.39 is 23.6 Å². The van der Waals surface area contributed by atoms with Crippen LogP contribution in [-0.2, 0) is 11.0 Å². The normalized spacial score (nSPS) is 22.8. The lowest BCUT2D eigenvalue weighted by Crippen LogP contribution is -2.20. The molecule has 20 heavy (non-hydrogen) atoms. The zero-order valence-electron chi connectivity index (χ0n) is 10.4. The van der Waals surface area contributed by atoms with Crippen LogP contribution in [0.2, 0.25) is 0 Å². The number of halogens is 4. The molecule has 7 heteroatoms. The molecule has 0 radical (unpaired) electrons. The molecule has 0 aromatic heterocycles. The van der Waals surface area contributed by atoms with E-state index in [0.29, 0.717) is 23.7 Å². The molecule has 110 valence electrons. The van der Waals surface area contributed by atoms with Gasteiger partial charge in [0.15, 0.2) is 0 Å². The lowest BCUT2D eigenvalue weighted by Gasteiger charge is -2.19. The first-order valence-corrected chi connectivity index (χ1v) is 6.93. The van der Waals surface area contributed by atoms with E-state index in [9.17, 15) is 18.0 Å². The van der Waals surface area contributed by atoms with Crippen LogP contribution in [0.1, 0.15) is 24.8 Å². The van der Waals surface area contributed by atoms with Crippen LogP contribution in [0.3, 0.4) is 0 Å². The SMILES string of the molecule is O=C(O)C1CCC(Nc2cc(Br)ccc2C(F)(F)F)C1. The van der Waals surface area contributed by atoms with Gasteiger partial charge >= 0.3 is 12.1 Å². The van der Waals surface area contributed by atoms with Gasteiger partial charge in [0.05, 0.1) is 11.5 Å². The summed E-state index contributed by atoms with van der Waals surface area (Å²) in [6.45, 7) is 0. The van der Waals surface area contributed by atoms with Crippen molar-refractivity contribution in [2.45, 2.75) is 31.5 Å². The number of aliphatic carboxylic acids is 1. The number of hydrogen-bond acceptors (Lipinski definition) is 2. The third-order valence-corrected chi connectivity index (χ3v) is 3.92. The quantitative estimate of drug-likeness (QED) is 0.860. The van der Waals surface area contributed by atoms with Crippen molar-refractivity contribution in [3.8, 4) is 0 Å². The number of nitrogens with one attached hydrogen (secondary N) is 1. The number of anilines is 1. The van der Waals surface area contributed by atoms with Crippen molar-refractivity contribution >= 4 is 27.6 Å². The van der Waals surface area contributed by atoms with Gasteiger partial charge in [-0.25, -0.2) is 0 Å². The Hall–Kier alpha value is -1.24. The predicted octanol–water partition coefficient (Wildman–Crippen LogP) is 4.13. The average Bonchev–Trinajstić information content (AvgIpc) is 2.76. The van der Waals surface area contributed by atoms with Crippen molar-refractivity contribution in [2.24, 2.45) is 5.92 Å². The molecule has 1 aromatic carbocycles. The van der Waals surface area contributed by atoms with Crippen molar-refractivity contribution in [3.63, 3.8) is 0 Å². The van der Waals surface area contributed by atoms with Gasteiger partial charge in [-0.2, -0.15) is 13.2 Å². The van der Waals surface area contributed by atoms with E-state index in [4.69, 9.17) is 5.11 Å². The Morgan fingerprint density at radius 3 is 2.60 bits per heavy atom. The second-order valence-corrected chi connectivity index (χ2v) is 5.79.